The van der Waals surface area contributed by atoms with E-state index in [1.54, 1.807) is 0 Å². The van der Waals surface area contributed by atoms with E-state index in [0.29, 0.717) is 6.04 Å². The van der Waals surface area contributed by atoms with Crippen molar-refractivity contribution >= 4 is 0 Å². The van der Waals surface area contributed by atoms with Gasteiger partial charge in [-0.25, -0.2) is 0 Å². The Morgan fingerprint density at radius 3 is 2.69 bits per heavy atom. The van der Waals surface area contributed by atoms with E-state index >= 15 is 0 Å². The molecule has 0 spiro atoms. The van der Waals surface area contributed by atoms with E-state index < -0.39 is 0 Å². The average molecular weight is 223 g/mol. The van der Waals surface area contributed by atoms with Crippen LogP contribution in [-0.4, -0.2) is 22.4 Å². The average Bonchev–Trinajstić information content (AvgIpc) is 2.68. The summed E-state index contributed by atoms with van der Waals surface area (Å²) in [4.78, 5) is 0. The Hall–Kier alpha value is -0.830. The van der Waals surface area contributed by atoms with Gasteiger partial charge in [-0.3, -0.25) is 4.68 Å². The van der Waals surface area contributed by atoms with Crippen LogP contribution in [0.1, 0.15) is 45.2 Å². The first-order valence-electron chi connectivity index (χ1n) is 6.48. The molecule has 3 nitrogen and oxygen atoms in total. The third kappa shape index (κ3) is 4.35. The zero-order valence-electron chi connectivity index (χ0n) is 10.9. The van der Waals surface area contributed by atoms with Crippen molar-refractivity contribution in [2.24, 2.45) is 7.05 Å². The van der Waals surface area contributed by atoms with Gasteiger partial charge in [0.05, 0.1) is 0 Å². The van der Waals surface area contributed by atoms with Gasteiger partial charge in [0.15, 0.2) is 0 Å². The summed E-state index contributed by atoms with van der Waals surface area (Å²) >= 11 is 0. The topological polar surface area (TPSA) is 29.9 Å². The number of rotatable bonds is 8. The first kappa shape index (κ1) is 13.2. The summed E-state index contributed by atoms with van der Waals surface area (Å²) < 4.78 is 1.98. The highest BCUT2D eigenvalue weighted by molar-refractivity contribution is 5.00. The smallest absolute Gasteiger partial charge is 0.0492 e. The van der Waals surface area contributed by atoms with Gasteiger partial charge in [-0.05, 0) is 38.3 Å². The zero-order chi connectivity index (χ0) is 11.8. The van der Waals surface area contributed by atoms with Gasteiger partial charge in [0.1, 0.15) is 0 Å². The molecule has 0 bridgehead atoms. The summed E-state index contributed by atoms with van der Waals surface area (Å²) in [5.41, 5.74) is 1.33. The molecule has 1 heterocycles. The van der Waals surface area contributed by atoms with Gasteiger partial charge in [0.2, 0.25) is 0 Å². The Kier molecular flexibility index (Phi) is 6.16. The van der Waals surface area contributed by atoms with E-state index in [-0.39, 0.29) is 0 Å². The quantitative estimate of drug-likeness (QED) is 0.734. The van der Waals surface area contributed by atoms with Gasteiger partial charge in [-0.2, -0.15) is 5.10 Å². The van der Waals surface area contributed by atoms with Gasteiger partial charge >= 0.3 is 0 Å². The van der Waals surface area contributed by atoms with Crippen molar-refractivity contribution in [1.82, 2.24) is 15.1 Å². The Morgan fingerprint density at radius 2 is 2.12 bits per heavy atom. The van der Waals surface area contributed by atoms with E-state index in [9.17, 15) is 0 Å². The summed E-state index contributed by atoms with van der Waals surface area (Å²) in [7, 11) is 2.02. The van der Waals surface area contributed by atoms with Crippen LogP contribution in [0.2, 0.25) is 0 Å². The van der Waals surface area contributed by atoms with Crippen LogP contribution in [0.5, 0.6) is 0 Å². The lowest BCUT2D eigenvalue weighted by Gasteiger charge is -2.17. The predicted octanol–water partition coefficient (Wildman–Crippen LogP) is 2.52. The van der Waals surface area contributed by atoms with Crippen LogP contribution in [-0.2, 0) is 13.5 Å². The van der Waals surface area contributed by atoms with Gasteiger partial charge in [0, 0.05) is 25.0 Å². The molecule has 1 N–H and O–H groups in total. The molecule has 3 heteroatoms. The van der Waals surface area contributed by atoms with Crippen LogP contribution in [0.4, 0.5) is 0 Å². The molecule has 0 aliphatic rings. The summed E-state index contributed by atoms with van der Waals surface area (Å²) in [6, 6.07) is 2.78. The molecule has 0 radical (unpaired) electrons. The molecular weight excluding hydrogens is 198 g/mol. The standard InChI is InChI=1S/C13H25N3/c1-4-6-12(14-10-5-2)7-8-13-9-11-15-16(13)3/h9,11-12,14H,4-8,10H2,1-3H3. The summed E-state index contributed by atoms with van der Waals surface area (Å²) in [5.74, 6) is 0. The molecule has 0 saturated heterocycles. The van der Waals surface area contributed by atoms with E-state index in [1.807, 2.05) is 17.9 Å². The van der Waals surface area contributed by atoms with E-state index in [1.165, 1.54) is 31.4 Å². The lowest BCUT2D eigenvalue weighted by molar-refractivity contribution is 0.444. The summed E-state index contributed by atoms with van der Waals surface area (Å²) in [6.07, 6.45) is 7.96. The number of hydrogen-bond acceptors (Lipinski definition) is 2. The van der Waals surface area contributed by atoms with Crippen LogP contribution in [0.3, 0.4) is 0 Å². The second-order valence-electron chi connectivity index (χ2n) is 4.42. The van der Waals surface area contributed by atoms with E-state index in [0.717, 1.165) is 13.0 Å². The Morgan fingerprint density at radius 1 is 1.31 bits per heavy atom. The van der Waals surface area contributed by atoms with Crippen LogP contribution < -0.4 is 5.32 Å². The molecular formula is C13H25N3. The number of hydrogen-bond donors (Lipinski definition) is 1. The summed E-state index contributed by atoms with van der Waals surface area (Å²) in [5, 5.41) is 7.82. The van der Waals surface area contributed by atoms with Crippen LogP contribution in [0.15, 0.2) is 12.3 Å². The Bertz CT molecular complexity index is 280. The van der Waals surface area contributed by atoms with Crippen LogP contribution >= 0.6 is 0 Å². The molecule has 1 unspecified atom stereocenters. The van der Waals surface area contributed by atoms with Gasteiger partial charge < -0.3 is 5.32 Å². The van der Waals surface area contributed by atoms with Crippen LogP contribution in [0.25, 0.3) is 0 Å². The van der Waals surface area contributed by atoms with Crippen LogP contribution in [0, 0.1) is 0 Å². The highest BCUT2D eigenvalue weighted by Gasteiger charge is 2.08. The molecule has 0 aromatic carbocycles. The minimum absolute atomic E-state index is 0.667. The monoisotopic (exact) mass is 223 g/mol. The molecule has 92 valence electrons. The van der Waals surface area contributed by atoms with E-state index in [4.69, 9.17) is 0 Å². The zero-order valence-corrected chi connectivity index (χ0v) is 10.9. The molecule has 1 aromatic rings. The third-order valence-electron chi connectivity index (χ3n) is 2.99. The largest absolute Gasteiger partial charge is 0.314 e. The second kappa shape index (κ2) is 7.44. The second-order valence-corrected chi connectivity index (χ2v) is 4.42. The molecule has 0 amide bonds. The highest BCUT2D eigenvalue weighted by atomic mass is 15.2. The van der Waals surface area contributed by atoms with Crippen molar-refractivity contribution in [2.45, 2.75) is 52.0 Å². The fraction of sp³-hybridized carbons (Fsp3) is 0.769. The normalized spacial score (nSPS) is 12.9. The summed E-state index contributed by atoms with van der Waals surface area (Å²) in [6.45, 7) is 5.61. The minimum atomic E-state index is 0.667. The molecule has 1 rings (SSSR count). The molecule has 1 aromatic heterocycles. The lowest BCUT2D eigenvalue weighted by atomic mass is 10.0. The third-order valence-corrected chi connectivity index (χ3v) is 2.99. The predicted molar refractivity (Wildman–Crippen MR) is 68.5 cm³/mol. The van der Waals surface area contributed by atoms with Crippen molar-refractivity contribution in [2.75, 3.05) is 6.54 Å². The van der Waals surface area contributed by atoms with Crippen molar-refractivity contribution in [3.8, 4) is 0 Å². The maximum absolute atomic E-state index is 4.20. The molecule has 1 atom stereocenters. The Labute approximate surface area is 99.2 Å². The fourth-order valence-electron chi connectivity index (χ4n) is 2.01. The van der Waals surface area contributed by atoms with Gasteiger partial charge in [-0.1, -0.05) is 20.3 Å². The van der Waals surface area contributed by atoms with Crippen molar-refractivity contribution in [3.05, 3.63) is 18.0 Å². The molecule has 16 heavy (non-hydrogen) atoms. The first-order chi connectivity index (χ1) is 7.77. The van der Waals surface area contributed by atoms with Gasteiger partial charge in [-0.15, -0.1) is 0 Å². The van der Waals surface area contributed by atoms with E-state index in [2.05, 4.69) is 30.3 Å². The lowest BCUT2D eigenvalue weighted by Crippen LogP contribution is -2.30. The maximum atomic E-state index is 4.20. The molecule has 0 aliphatic heterocycles. The number of nitrogens with one attached hydrogen (secondary N) is 1. The molecule has 0 fully saturated rings. The fourth-order valence-corrected chi connectivity index (χ4v) is 2.01. The molecule has 0 aliphatic carbocycles. The van der Waals surface area contributed by atoms with Crippen molar-refractivity contribution in [3.63, 3.8) is 0 Å². The number of nitrogens with zero attached hydrogens (tertiary/aromatic N) is 2. The van der Waals surface area contributed by atoms with Crippen molar-refractivity contribution < 1.29 is 0 Å². The Balaban J connectivity index is 2.34. The highest BCUT2D eigenvalue weighted by Crippen LogP contribution is 2.08. The first-order valence-corrected chi connectivity index (χ1v) is 6.48. The maximum Gasteiger partial charge on any atom is 0.0492 e. The SMILES string of the molecule is CCCNC(CCC)CCc1ccnn1C. The number of aryl methyl sites for hydroxylation is 2. The minimum Gasteiger partial charge on any atom is -0.314 e. The van der Waals surface area contributed by atoms with Gasteiger partial charge in [0.25, 0.3) is 0 Å². The number of aromatic nitrogens is 2. The molecule has 0 saturated carbocycles. The van der Waals surface area contributed by atoms with Crippen molar-refractivity contribution in [1.29, 1.82) is 0 Å².